The number of ether oxygens (including phenoxy) is 3. The van der Waals surface area contributed by atoms with Gasteiger partial charge in [-0.2, -0.15) is 0 Å². The van der Waals surface area contributed by atoms with Gasteiger partial charge in [0.15, 0.2) is 5.13 Å². The number of fused-ring (bicyclic) bond motifs is 1. The van der Waals surface area contributed by atoms with Gasteiger partial charge in [0, 0.05) is 28.5 Å². The lowest BCUT2D eigenvalue weighted by atomic mass is 10.0. The van der Waals surface area contributed by atoms with Crippen LogP contribution in [0.4, 0.5) is 5.13 Å². The molecule has 1 aromatic heterocycles. The zero-order valence-electron chi connectivity index (χ0n) is 19.1. The van der Waals surface area contributed by atoms with Gasteiger partial charge < -0.3 is 14.2 Å². The minimum Gasteiger partial charge on any atom is -0.488 e. The summed E-state index contributed by atoms with van der Waals surface area (Å²) in [5.74, 6) is 1.52. The summed E-state index contributed by atoms with van der Waals surface area (Å²) in [7, 11) is 1.63. The predicted octanol–water partition coefficient (Wildman–Crippen LogP) is 6.20. The molecule has 0 saturated carbocycles. The largest absolute Gasteiger partial charge is 0.488 e. The highest BCUT2D eigenvalue weighted by Gasteiger charge is 2.18. The molecule has 1 N–H and O–H groups in total. The van der Waals surface area contributed by atoms with Crippen LogP contribution in [0.3, 0.4) is 0 Å². The standard InChI is InChI=1S/C25H28N2O4S2/c1-16(15-29-2)30-19-12-17(13-20(14-19)31-18-8-10-21(32-3)11-9-18)24(28)27-25-26-22-6-4-5-7-23(22)33-25/h8-14,16H,4-7,15H2,1-3H3,(H,26,27,28). The molecule has 1 aliphatic carbocycles. The molecule has 1 amide bonds. The summed E-state index contributed by atoms with van der Waals surface area (Å²) in [6, 6.07) is 13.0. The molecule has 0 spiro atoms. The van der Waals surface area contributed by atoms with Crippen molar-refractivity contribution in [1.29, 1.82) is 0 Å². The van der Waals surface area contributed by atoms with Crippen LogP contribution in [0.5, 0.6) is 17.2 Å². The van der Waals surface area contributed by atoms with E-state index < -0.39 is 0 Å². The van der Waals surface area contributed by atoms with Crippen LogP contribution in [0.25, 0.3) is 0 Å². The van der Waals surface area contributed by atoms with Gasteiger partial charge >= 0.3 is 0 Å². The summed E-state index contributed by atoms with van der Waals surface area (Å²) < 4.78 is 17.2. The fourth-order valence-electron chi connectivity index (χ4n) is 3.69. The Labute approximate surface area is 202 Å². The van der Waals surface area contributed by atoms with Gasteiger partial charge in [-0.1, -0.05) is 0 Å². The van der Waals surface area contributed by atoms with Crippen LogP contribution >= 0.6 is 23.1 Å². The van der Waals surface area contributed by atoms with Crippen molar-refractivity contribution >= 4 is 34.1 Å². The third-order valence-corrected chi connectivity index (χ3v) is 7.06. The van der Waals surface area contributed by atoms with Crippen molar-refractivity contribution in [3.05, 3.63) is 58.6 Å². The van der Waals surface area contributed by atoms with Crippen LogP contribution in [-0.4, -0.2) is 37.0 Å². The third-order valence-electron chi connectivity index (χ3n) is 5.24. The first-order valence-corrected chi connectivity index (χ1v) is 13.0. The van der Waals surface area contributed by atoms with Crippen molar-refractivity contribution in [3.63, 3.8) is 0 Å². The Morgan fingerprint density at radius 3 is 2.61 bits per heavy atom. The number of carbonyl (C=O) groups is 1. The van der Waals surface area contributed by atoms with Crippen LogP contribution in [0.2, 0.25) is 0 Å². The first kappa shape index (κ1) is 23.6. The number of nitrogens with zero attached hydrogens (tertiary/aromatic N) is 1. The number of anilines is 1. The van der Waals surface area contributed by atoms with Crippen molar-refractivity contribution in [2.45, 2.75) is 43.6 Å². The fourth-order valence-corrected chi connectivity index (χ4v) is 5.14. The SMILES string of the molecule is COCC(C)Oc1cc(Oc2ccc(SC)cc2)cc(C(=O)Nc2nc3c(s2)CCCC3)c1. The molecule has 0 radical (unpaired) electrons. The normalized spacial score (nSPS) is 13.8. The molecular formula is C25H28N2O4S2. The number of aryl methyl sites for hydroxylation is 2. The highest BCUT2D eigenvalue weighted by molar-refractivity contribution is 7.98. The second kappa shape index (κ2) is 11.0. The number of aromatic nitrogens is 1. The Bertz CT molecular complexity index is 1070. The van der Waals surface area contributed by atoms with E-state index in [0.29, 0.717) is 34.6 Å². The molecule has 1 unspecified atom stereocenters. The molecule has 0 saturated heterocycles. The lowest BCUT2D eigenvalue weighted by Gasteiger charge is -2.16. The number of thiazole rings is 1. The Kier molecular flexibility index (Phi) is 7.90. The Hall–Kier alpha value is -2.55. The Balaban J connectivity index is 1.57. The first-order chi connectivity index (χ1) is 16.0. The smallest absolute Gasteiger partial charge is 0.257 e. The van der Waals surface area contributed by atoms with Gasteiger partial charge in [0.25, 0.3) is 5.91 Å². The molecule has 8 heteroatoms. The van der Waals surface area contributed by atoms with Gasteiger partial charge in [-0.05, 0) is 75.3 Å². The highest BCUT2D eigenvalue weighted by atomic mass is 32.2. The number of thioether (sulfide) groups is 1. The molecular weight excluding hydrogens is 456 g/mol. The summed E-state index contributed by atoms with van der Waals surface area (Å²) in [6.45, 7) is 2.35. The van der Waals surface area contributed by atoms with Gasteiger partial charge in [0.2, 0.25) is 0 Å². The van der Waals surface area contributed by atoms with Crippen molar-refractivity contribution in [1.82, 2.24) is 4.98 Å². The second-order valence-corrected chi connectivity index (χ2v) is 9.87. The van der Waals surface area contributed by atoms with Crippen LogP contribution in [0.15, 0.2) is 47.4 Å². The molecule has 0 bridgehead atoms. The third kappa shape index (κ3) is 6.28. The van der Waals surface area contributed by atoms with E-state index in [0.717, 1.165) is 29.9 Å². The maximum absolute atomic E-state index is 13.1. The number of methoxy groups -OCH3 is 1. The number of amides is 1. The molecule has 2 aromatic carbocycles. The zero-order chi connectivity index (χ0) is 23.2. The van der Waals surface area contributed by atoms with E-state index in [9.17, 15) is 4.79 Å². The van der Waals surface area contributed by atoms with E-state index in [-0.39, 0.29) is 12.0 Å². The maximum atomic E-state index is 13.1. The minimum absolute atomic E-state index is 0.173. The molecule has 0 fully saturated rings. The first-order valence-electron chi connectivity index (χ1n) is 11.0. The van der Waals surface area contributed by atoms with Crippen LogP contribution < -0.4 is 14.8 Å². The number of nitrogens with one attached hydrogen (secondary N) is 1. The van der Waals surface area contributed by atoms with E-state index in [4.69, 9.17) is 14.2 Å². The van der Waals surface area contributed by atoms with Crippen molar-refractivity contribution in [3.8, 4) is 17.2 Å². The second-order valence-electron chi connectivity index (χ2n) is 7.90. The molecule has 1 aliphatic rings. The average molecular weight is 485 g/mol. The molecule has 1 atom stereocenters. The quantitative estimate of drug-likeness (QED) is 0.365. The van der Waals surface area contributed by atoms with Gasteiger partial charge in [-0.3, -0.25) is 10.1 Å². The molecule has 3 aromatic rings. The summed E-state index contributed by atoms with van der Waals surface area (Å²) in [6.07, 6.45) is 6.21. The maximum Gasteiger partial charge on any atom is 0.257 e. The van der Waals surface area contributed by atoms with Crippen molar-refractivity contribution in [2.24, 2.45) is 0 Å². The summed E-state index contributed by atoms with van der Waals surface area (Å²) in [5, 5.41) is 3.60. The van der Waals surface area contributed by atoms with Gasteiger partial charge in [-0.25, -0.2) is 4.98 Å². The molecule has 4 rings (SSSR count). The van der Waals surface area contributed by atoms with E-state index in [1.807, 2.05) is 37.4 Å². The predicted molar refractivity (Wildman–Crippen MR) is 133 cm³/mol. The lowest BCUT2D eigenvalue weighted by Crippen LogP contribution is -2.18. The molecule has 0 aliphatic heterocycles. The van der Waals surface area contributed by atoms with Crippen LogP contribution in [0, 0.1) is 0 Å². The number of carbonyl (C=O) groups excluding carboxylic acids is 1. The molecule has 1 heterocycles. The van der Waals surface area contributed by atoms with Crippen molar-refractivity contribution in [2.75, 3.05) is 25.3 Å². The lowest BCUT2D eigenvalue weighted by molar-refractivity contribution is 0.0916. The summed E-state index contributed by atoms with van der Waals surface area (Å²) >= 11 is 3.24. The topological polar surface area (TPSA) is 69.7 Å². The average Bonchev–Trinajstić information content (AvgIpc) is 3.22. The summed E-state index contributed by atoms with van der Waals surface area (Å²) in [4.78, 5) is 20.1. The van der Waals surface area contributed by atoms with E-state index in [2.05, 4.69) is 10.3 Å². The fraction of sp³-hybridized carbons (Fsp3) is 0.360. The van der Waals surface area contributed by atoms with Crippen molar-refractivity contribution < 1.29 is 19.0 Å². The number of hydrogen-bond donors (Lipinski definition) is 1. The monoisotopic (exact) mass is 484 g/mol. The van der Waals surface area contributed by atoms with Gasteiger partial charge in [-0.15, -0.1) is 23.1 Å². The van der Waals surface area contributed by atoms with Gasteiger partial charge in [0.05, 0.1) is 12.3 Å². The number of rotatable bonds is 9. The molecule has 33 heavy (non-hydrogen) atoms. The van der Waals surface area contributed by atoms with Gasteiger partial charge in [0.1, 0.15) is 23.4 Å². The zero-order valence-corrected chi connectivity index (χ0v) is 20.7. The van der Waals surface area contributed by atoms with E-state index in [1.165, 1.54) is 11.3 Å². The van der Waals surface area contributed by atoms with E-state index >= 15 is 0 Å². The number of hydrogen-bond acceptors (Lipinski definition) is 7. The Morgan fingerprint density at radius 1 is 1.12 bits per heavy atom. The molecule has 6 nitrogen and oxygen atoms in total. The highest BCUT2D eigenvalue weighted by Crippen LogP contribution is 2.32. The minimum atomic E-state index is -0.242. The number of benzene rings is 2. The Morgan fingerprint density at radius 2 is 1.88 bits per heavy atom. The van der Waals surface area contributed by atoms with Crippen LogP contribution in [-0.2, 0) is 17.6 Å². The summed E-state index contributed by atoms with van der Waals surface area (Å²) in [5.41, 5.74) is 1.56. The van der Waals surface area contributed by atoms with E-state index in [1.54, 1.807) is 48.4 Å². The molecule has 174 valence electrons. The van der Waals surface area contributed by atoms with Crippen LogP contribution in [0.1, 0.15) is 40.7 Å².